The minimum absolute atomic E-state index is 0.172. The van der Waals surface area contributed by atoms with Crippen molar-refractivity contribution in [3.05, 3.63) is 59.2 Å². The van der Waals surface area contributed by atoms with Gasteiger partial charge in [0.2, 0.25) is 10.0 Å². The third-order valence-corrected chi connectivity index (χ3v) is 4.34. The van der Waals surface area contributed by atoms with Crippen LogP contribution in [0, 0.1) is 13.8 Å². The number of rotatable bonds is 6. The van der Waals surface area contributed by atoms with Gasteiger partial charge in [-0.05, 0) is 42.7 Å². The van der Waals surface area contributed by atoms with E-state index in [4.69, 9.17) is 0 Å². The van der Waals surface area contributed by atoms with Gasteiger partial charge in [-0.25, -0.2) is 13.1 Å². The van der Waals surface area contributed by atoms with E-state index in [1.54, 1.807) is 12.1 Å². The molecule has 128 valence electrons. The van der Waals surface area contributed by atoms with Crippen LogP contribution >= 0.6 is 0 Å². The van der Waals surface area contributed by atoms with E-state index in [2.05, 4.69) is 42.1 Å². The van der Waals surface area contributed by atoms with E-state index in [1.807, 2.05) is 12.1 Å². The van der Waals surface area contributed by atoms with Crippen LogP contribution in [-0.4, -0.2) is 33.7 Å². The van der Waals surface area contributed by atoms with Crippen LogP contribution < -0.4 is 10.0 Å². The van der Waals surface area contributed by atoms with Gasteiger partial charge in [0.1, 0.15) is 0 Å². The molecule has 2 aromatic rings. The zero-order chi connectivity index (χ0) is 17.7. The maximum Gasteiger partial charge on any atom is 0.251 e. The first kappa shape index (κ1) is 18.2. The lowest BCUT2D eigenvalue weighted by Crippen LogP contribution is -2.34. The molecular weight excluding hydrogens is 324 g/mol. The van der Waals surface area contributed by atoms with Crippen LogP contribution in [0.5, 0.6) is 0 Å². The average Bonchev–Trinajstić information content (AvgIpc) is 2.51. The summed E-state index contributed by atoms with van der Waals surface area (Å²) < 4.78 is 24.2. The maximum absolute atomic E-state index is 12.0. The summed E-state index contributed by atoms with van der Waals surface area (Å²) in [5, 5.41) is 2.68. The average molecular weight is 346 g/mol. The van der Waals surface area contributed by atoms with Crippen LogP contribution in [0.2, 0.25) is 0 Å². The Morgan fingerprint density at radius 1 is 1.00 bits per heavy atom. The van der Waals surface area contributed by atoms with Gasteiger partial charge in [0.15, 0.2) is 0 Å². The van der Waals surface area contributed by atoms with Crippen molar-refractivity contribution in [1.82, 2.24) is 10.0 Å². The molecule has 0 fully saturated rings. The van der Waals surface area contributed by atoms with Gasteiger partial charge >= 0.3 is 0 Å². The molecule has 0 aromatic heterocycles. The fraction of sp³-hybridized carbons (Fsp3) is 0.278. The number of sulfonamides is 1. The molecule has 6 heteroatoms. The van der Waals surface area contributed by atoms with Gasteiger partial charge in [-0.2, -0.15) is 0 Å². The molecule has 0 bridgehead atoms. The van der Waals surface area contributed by atoms with Crippen molar-refractivity contribution in [2.45, 2.75) is 13.8 Å². The Bertz CT molecular complexity index is 828. The third-order valence-electron chi connectivity index (χ3n) is 3.61. The van der Waals surface area contributed by atoms with E-state index < -0.39 is 10.0 Å². The Hall–Kier alpha value is -2.18. The van der Waals surface area contributed by atoms with Crippen molar-refractivity contribution in [2.24, 2.45) is 0 Å². The topological polar surface area (TPSA) is 75.3 Å². The summed E-state index contributed by atoms with van der Waals surface area (Å²) in [4.78, 5) is 12.0. The van der Waals surface area contributed by atoms with Crippen LogP contribution in [0.4, 0.5) is 0 Å². The quantitative estimate of drug-likeness (QED) is 0.788. The molecule has 5 nitrogen and oxygen atoms in total. The lowest BCUT2D eigenvalue weighted by atomic mass is 9.98. The number of benzene rings is 2. The lowest BCUT2D eigenvalue weighted by Gasteiger charge is -2.09. The molecule has 24 heavy (non-hydrogen) atoms. The standard InChI is InChI=1S/C18H22N2O3S/c1-13-4-9-17(14(2)12-13)15-5-7-16(8-6-15)18(21)19-10-11-20-24(3,22)23/h4-9,12,20H,10-11H2,1-3H3,(H,19,21). The summed E-state index contributed by atoms with van der Waals surface area (Å²) in [6, 6.07) is 13.7. The van der Waals surface area contributed by atoms with Gasteiger partial charge in [-0.1, -0.05) is 35.9 Å². The number of hydrogen-bond acceptors (Lipinski definition) is 3. The minimum Gasteiger partial charge on any atom is -0.351 e. The van der Waals surface area contributed by atoms with Gasteiger partial charge in [-0.15, -0.1) is 0 Å². The Kier molecular flexibility index (Phi) is 5.75. The van der Waals surface area contributed by atoms with Gasteiger partial charge in [0.05, 0.1) is 6.26 Å². The number of amides is 1. The molecule has 1 amide bonds. The number of nitrogens with one attached hydrogen (secondary N) is 2. The molecule has 2 aromatic carbocycles. The highest BCUT2D eigenvalue weighted by Gasteiger charge is 2.07. The Morgan fingerprint density at radius 2 is 1.67 bits per heavy atom. The second-order valence-corrected chi connectivity index (χ2v) is 7.65. The molecule has 0 heterocycles. The van der Waals surface area contributed by atoms with Crippen molar-refractivity contribution in [3.8, 4) is 11.1 Å². The van der Waals surface area contributed by atoms with Crippen molar-refractivity contribution < 1.29 is 13.2 Å². The fourth-order valence-electron chi connectivity index (χ4n) is 2.45. The van der Waals surface area contributed by atoms with E-state index in [9.17, 15) is 13.2 Å². The fourth-order valence-corrected chi connectivity index (χ4v) is 2.93. The van der Waals surface area contributed by atoms with Gasteiger partial charge < -0.3 is 5.32 Å². The lowest BCUT2D eigenvalue weighted by molar-refractivity contribution is 0.0954. The van der Waals surface area contributed by atoms with Crippen molar-refractivity contribution in [3.63, 3.8) is 0 Å². The third kappa shape index (κ3) is 5.18. The van der Waals surface area contributed by atoms with E-state index in [0.717, 1.165) is 17.4 Å². The van der Waals surface area contributed by atoms with Crippen LogP contribution in [0.3, 0.4) is 0 Å². The van der Waals surface area contributed by atoms with Gasteiger partial charge in [0, 0.05) is 18.7 Å². The summed E-state index contributed by atoms with van der Waals surface area (Å²) in [5.41, 5.74) is 5.16. The molecule has 2 rings (SSSR count). The van der Waals surface area contributed by atoms with E-state index in [-0.39, 0.29) is 19.0 Å². The predicted molar refractivity (Wildman–Crippen MR) is 96.5 cm³/mol. The molecule has 0 aliphatic heterocycles. The molecule has 0 radical (unpaired) electrons. The van der Waals surface area contributed by atoms with Crippen molar-refractivity contribution in [2.75, 3.05) is 19.3 Å². The van der Waals surface area contributed by atoms with Crippen LogP contribution in [-0.2, 0) is 10.0 Å². The monoisotopic (exact) mass is 346 g/mol. The van der Waals surface area contributed by atoms with Gasteiger partial charge in [-0.3, -0.25) is 4.79 Å². The first-order valence-corrected chi connectivity index (χ1v) is 9.56. The van der Waals surface area contributed by atoms with Crippen LogP contribution in [0.1, 0.15) is 21.5 Å². The van der Waals surface area contributed by atoms with Crippen molar-refractivity contribution in [1.29, 1.82) is 0 Å². The maximum atomic E-state index is 12.0. The summed E-state index contributed by atoms with van der Waals surface area (Å²) in [6.07, 6.45) is 1.08. The number of carbonyl (C=O) groups excluding carboxylic acids is 1. The highest BCUT2D eigenvalue weighted by Crippen LogP contribution is 2.24. The highest BCUT2D eigenvalue weighted by atomic mass is 32.2. The second kappa shape index (κ2) is 7.59. The molecule has 0 aliphatic rings. The summed E-state index contributed by atoms with van der Waals surface area (Å²) >= 11 is 0. The molecule has 0 aliphatic carbocycles. The first-order chi connectivity index (χ1) is 11.3. The smallest absolute Gasteiger partial charge is 0.251 e. The Balaban J connectivity index is 2.00. The zero-order valence-electron chi connectivity index (χ0n) is 14.1. The first-order valence-electron chi connectivity index (χ1n) is 7.67. The Morgan fingerprint density at radius 3 is 2.25 bits per heavy atom. The van der Waals surface area contributed by atoms with E-state index in [0.29, 0.717) is 5.56 Å². The van der Waals surface area contributed by atoms with Crippen LogP contribution in [0.25, 0.3) is 11.1 Å². The van der Waals surface area contributed by atoms with E-state index >= 15 is 0 Å². The normalized spacial score (nSPS) is 11.3. The number of carbonyl (C=O) groups is 1. The predicted octanol–water partition coefficient (Wildman–Crippen LogP) is 2.25. The van der Waals surface area contributed by atoms with Crippen LogP contribution in [0.15, 0.2) is 42.5 Å². The second-order valence-electron chi connectivity index (χ2n) is 5.82. The highest BCUT2D eigenvalue weighted by molar-refractivity contribution is 7.88. The number of hydrogen-bond donors (Lipinski definition) is 2. The SMILES string of the molecule is Cc1ccc(-c2ccc(C(=O)NCCNS(C)(=O)=O)cc2)c(C)c1. The minimum atomic E-state index is -3.23. The molecule has 0 atom stereocenters. The Labute approximate surface area is 143 Å². The number of aryl methyl sites for hydroxylation is 2. The molecule has 2 N–H and O–H groups in total. The van der Waals surface area contributed by atoms with E-state index in [1.165, 1.54) is 11.1 Å². The summed E-state index contributed by atoms with van der Waals surface area (Å²) in [6.45, 7) is 4.54. The van der Waals surface area contributed by atoms with Crippen molar-refractivity contribution >= 4 is 15.9 Å². The van der Waals surface area contributed by atoms with Gasteiger partial charge in [0.25, 0.3) is 5.91 Å². The zero-order valence-corrected chi connectivity index (χ0v) is 14.9. The summed E-state index contributed by atoms with van der Waals surface area (Å²) in [7, 11) is -3.23. The summed E-state index contributed by atoms with van der Waals surface area (Å²) in [5.74, 6) is -0.225. The molecule has 0 saturated heterocycles. The molecule has 0 unspecified atom stereocenters. The molecule has 0 spiro atoms. The largest absolute Gasteiger partial charge is 0.351 e. The molecular formula is C18H22N2O3S. The molecule has 0 saturated carbocycles.